The second-order valence-electron chi connectivity index (χ2n) is 5.88. The highest BCUT2D eigenvalue weighted by Crippen LogP contribution is 2.26. The zero-order valence-electron chi connectivity index (χ0n) is 11.2. The number of allylic oxidation sites excluding steroid dienone is 2. The third-order valence-electron chi connectivity index (χ3n) is 3.85. The average molecular weight is 220 g/mol. The molecule has 0 aromatic carbocycles. The van der Waals surface area contributed by atoms with Crippen LogP contribution in [-0.4, -0.2) is 0 Å². The van der Waals surface area contributed by atoms with Crippen molar-refractivity contribution in [1.29, 1.82) is 0 Å². The van der Waals surface area contributed by atoms with Gasteiger partial charge in [-0.15, -0.1) is 0 Å². The second kappa shape index (κ2) is 6.93. The Kier molecular flexibility index (Phi) is 5.87. The minimum absolute atomic E-state index is 0.913. The lowest BCUT2D eigenvalue weighted by atomic mass is 9.88. The molecule has 2 saturated carbocycles. The van der Waals surface area contributed by atoms with E-state index < -0.39 is 0 Å². The van der Waals surface area contributed by atoms with Crippen LogP contribution in [0.2, 0.25) is 0 Å². The van der Waals surface area contributed by atoms with Crippen LogP contribution in [-0.2, 0) is 0 Å². The van der Waals surface area contributed by atoms with Crippen molar-refractivity contribution in [2.75, 3.05) is 0 Å². The van der Waals surface area contributed by atoms with Gasteiger partial charge in [0.15, 0.2) is 0 Å². The molecule has 2 fully saturated rings. The van der Waals surface area contributed by atoms with Crippen LogP contribution in [0.15, 0.2) is 24.3 Å². The SMILES string of the molecule is C=C1CCC(C)CC1.C=C1CCCC(C)C1. The Labute approximate surface area is 102 Å². The molecule has 1 unspecified atom stereocenters. The largest absolute Gasteiger partial charge is 0.0999 e. The minimum atomic E-state index is 0.913. The van der Waals surface area contributed by atoms with Crippen LogP contribution in [0.5, 0.6) is 0 Å². The lowest BCUT2D eigenvalue weighted by Crippen LogP contribution is -2.02. The molecule has 1 atom stereocenters. The predicted octanol–water partition coefficient (Wildman–Crippen LogP) is 5.51. The van der Waals surface area contributed by atoms with Crippen LogP contribution in [0.25, 0.3) is 0 Å². The molecule has 2 aliphatic rings. The third kappa shape index (κ3) is 5.53. The highest BCUT2D eigenvalue weighted by molar-refractivity contribution is 4.98. The van der Waals surface area contributed by atoms with Crippen LogP contribution in [0.3, 0.4) is 0 Å². The number of rotatable bonds is 0. The molecule has 0 heterocycles. The molecule has 0 amide bonds. The van der Waals surface area contributed by atoms with E-state index in [1.165, 1.54) is 62.5 Å². The molecule has 2 rings (SSSR count). The summed E-state index contributed by atoms with van der Waals surface area (Å²) in [6.45, 7) is 12.5. The maximum atomic E-state index is 3.96. The van der Waals surface area contributed by atoms with Crippen LogP contribution < -0.4 is 0 Å². The topological polar surface area (TPSA) is 0 Å². The predicted molar refractivity (Wildman–Crippen MR) is 73.5 cm³/mol. The summed E-state index contributed by atoms with van der Waals surface area (Å²) in [7, 11) is 0. The van der Waals surface area contributed by atoms with Crippen LogP contribution in [0.1, 0.15) is 65.2 Å². The quantitative estimate of drug-likeness (QED) is 0.472. The first kappa shape index (κ1) is 13.5. The van der Waals surface area contributed by atoms with Gasteiger partial charge in [-0.25, -0.2) is 0 Å². The Morgan fingerprint density at radius 3 is 1.81 bits per heavy atom. The molecule has 0 N–H and O–H groups in total. The van der Waals surface area contributed by atoms with E-state index in [2.05, 4.69) is 27.0 Å². The van der Waals surface area contributed by atoms with E-state index >= 15 is 0 Å². The first-order valence-electron chi connectivity index (χ1n) is 6.91. The summed E-state index contributed by atoms with van der Waals surface area (Å²) in [6.07, 6.45) is 10.7. The first-order valence-corrected chi connectivity index (χ1v) is 6.91. The molecule has 0 spiro atoms. The average Bonchev–Trinajstić information content (AvgIpc) is 2.23. The summed E-state index contributed by atoms with van der Waals surface area (Å²) in [5.41, 5.74) is 2.92. The minimum Gasteiger partial charge on any atom is -0.0999 e. The second-order valence-corrected chi connectivity index (χ2v) is 5.88. The maximum absolute atomic E-state index is 3.96. The lowest BCUT2D eigenvalue weighted by Gasteiger charge is -2.18. The Balaban J connectivity index is 0.000000160. The highest BCUT2D eigenvalue weighted by atomic mass is 14.2. The fourth-order valence-corrected chi connectivity index (χ4v) is 2.57. The standard InChI is InChI=1S/2C8H14/c1-7-3-5-8(2)6-4-7;1-7-4-3-5-8(2)6-7/h2*8H,1,3-6H2,2H3. The van der Waals surface area contributed by atoms with Crippen molar-refractivity contribution in [2.24, 2.45) is 11.8 Å². The Morgan fingerprint density at radius 2 is 1.44 bits per heavy atom. The molecular weight excluding hydrogens is 192 g/mol. The Hall–Kier alpha value is -0.520. The molecule has 0 aromatic heterocycles. The van der Waals surface area contributed by atoms with Gasteiger partial charge in [0.05, 0.1) is 0 Å². The van der Waals surface area contributed by atoms with Gasteiger partial charge >= 0.3 is 0 Å². The van der Waals surface area contributed by atoms with E-state index in [0.29, 0.717) is 0 Å². The summed E-state index contributed by atoms with van der Waals surface area (Å²) < 4.78 is 0. The van der Waals surface area contributed by atoms with Crippen molar-refractivity contribution in [2.45, 2.75) is 65.2 Å². The summed E-state index contributed by atoms with van der Waals surface area (Å²) in [4.78, 5) is 0. The van der Waals surface area contributed by atoms with E-state index in [4.69, 9.17) is 0 Å². The molecule has 0 nitrogen and oxygen atoms in total. The molecule has 0 aromatic rings. The zero-order chi connectivity index (χ0) is 12.0. The van der Waals surface area contributed by atoms with Crippen molar-refractivity contribution < 1.29 is 0 Å². The van der Waals surface area contributed by atoms with Gasteiger partial charge in [0.1, 0.15) is 0 Å². The maximum Gasteiger partial charge on any atom is -0.0297 e. The van der Waals surface area contributed by atoms with Crippen molar-refractivity contribution in [3.8, 4) is 0 Å². The molecule has 0 saturated heterocycles. The third-order valence-corrected chi connectivity index (χ3v) is 3.85. The van der Waals surface area contributed by atoms with Crippen molar-refractivity contribution in [1.82, 2.24) is 0 Å². The number of hydrogen-bond donors (Lipinski definition) is 0. The van der Waals surface area contributed by atoms with E-state index in [0.717, 1.165) is 11.8 Å². The molecule has 0 bridgehead atoms. The first-order chi connectivity index (χ1) is 7.58. The molecule has 0 radical (unpaired) electrons. The molecule has 2 aliphatic carbocycles. The van der Waals surface area contributed by atoms with Crippen molar-refractivity contribution >= 4 is 0 Å². The number of hydrogen-bond acceptors (Lipinski definition) is 0. The van der Waals surface area contributed by atoms with Crippen molar-refractivity contribution in [3.05, 3.63) is 24.3 Å². The van der Waals surface area contributed by atoms with E-state index in [-0.39, 0.29) is 0 Å². The van der Waals surface area contributed by atoms with Crippen LogP contribution in [0, 0.1) is 11.8 Å². The Bertz CT molecular complexity index is 226. The summed E-state index contributed by atoms with van der Waals surface area (Å²) in [5, 5.41) is 0. The highest BCUT2D eigenvalue weighted by Gasteiger charge is 2.10. The monoisotopic (exact) mass is 220 g/mol. The van der Waals surface area contributed by atoms with Crippen molar-refractivity contribution in [3.63, 3.8) is 0 Å². The van der Waals surface area contributed by atoms with Gasteiger partial charge in [-0.2, -0.15) is 0 Å². The van der Waals surface area contributed by atoms with Gasteiger partial charge in [0.25, 0.3) is 0 Å². The fraction of sp³-hybridized carbons (Fsp3) is 0.750. The molecule has 0 heteroatoms. The summed E-state index contributed by atoms with van der Waals surface area (Å²) in [6, 6.07) is 0. The van der Waals surface area contributed by atoms with Gasteiger partial charge in [0, 0.05) is 0 Å². The molecule has 16 heavy (non-hydrogen) atoms. The van der Waals surface area contributed by atoms with Crippen LogP contribution in [0.4, 0.5) is 0 Å². The summed E-state index contributed by atoms with van der Waals surface area (Å²) >= 11 is 0. The molecule has 0 aliphatic heterocycles. The summed E-state index contributed by atoms with van der Waals surface area (Å²) in [5.74, 6) is 1.87. The molecule has 92 valence electrons. The van der Waals surface area contributed by atoms with E-state index in [1.54, 1.807) is 0 Å². The van der Waals surface area contributed by atoms with Crippen LogP contribution >= 0.6 is 0 Å². The fourth-order valence-electron chi connectivity index (χ4n) is 2.57. The smallest absolute Gasteiger partial charge is 0.0297 e. The van der Waals surface area contributed by atoms with E-state index in [1.807, 2.05) is 0 Å². The van der Waals surface area contributed by atoms with Gasteiger partial charge < -0.3 is 0 Å². The van der Waals surface area contributed by atoms with E-state index in [9.17, 15) is 0 Å². The van der Waals surface area contributed by atoms with Gasteiger partial charge in [-0.1, -0.05) is 44.6 Å². The lowest BCUT2D eigenvalue weighted by molar-refractivity contribution is 0.445. The van der Waals surface area contributed by atoms with Gasteiger partial charge in [-0.05, 0) is 56.8 Å². The molecular formula is C16H28. The normalized spacial score (nSPS) is 27.2. The van der Waals surface area contributed by atoms with Gasteiger partial charge in [0.2, 0.25) is 0 Å². The Morgan fingerprint density at radius 1 is 0.812 bits per heavy atom. The zero-order valence-corrected chi connectivity index (χ0v) is 11.2. The van der Waals surface area contributed by atoms with Gasteiger partial charge in [-0.3, -0.25) is 0 Å².